The van der Waals surface area contributed by atoms with E-state index in [1.165, 1.54) is 0 Å². The van der Waals surface area contributed by atoms with Crippen LogP contribution in [0.4, 0.5) is 11.4 Å². The molecule has 2 bridgehead atoms. The van der Waals surface area contributed by atoms with Crippen LogP contribution in [0.1, 0.15) is 23.6 Å². The van der Waals surface area contributed by atoms with E-state index in [0.717, 1.165) is 36.5 Å². The van der Waals surface area contributed by atoms with Gasteiger partial charge in [-0.3, -0.25) is 19.7 Å². The minimum atomic E-state index is -0.364. The summed E-state index contributed by atoms with van der Waals surface area (Å²) in [6.45, 7) is 4.43. The van der Waals surface area contributed by atoms with E-state index in [0.29, 0.717) is 32.6 Å². The number of fused-ring (bicyclic) bond motifs is 8. The Hall–Kier alpha value is -3.20. The summed E-state index contributed by atoms with van der Waals surface area (Å²) in [7, 11) is 2.07. The molecule has 4 atom stereocenters. The van der Waals surface area contributed by atoms with Gasteiger partial charge in [-0.05, 0) is 43.5 Å². The highest BCUT2D eigenvalue weighted by Gasteiger charge is 2.50. The number of benzene rings is 1. The van der Waals surface area contributed by atoms with Crippen molar-refractivity contribution in [1.29, 1.82) is 0 Å². The van der Waals surface area contributed by atoms with Crippen LogP contribution in [-0.4, -0.2) is 71.0 Å². The molecule has 4 aliphatic heterocycles. The van der Waals surface area contributed by atoms with Crippen molar-refractivity contribution in [2.75, 3.05) is 44.7 Å². The zero-order valence-electron chi connectivity index (χ0n) is 19.3. The van der Waals surface area contributed by atoms with Gasteiger partial charge in [0.15, 0.2) is 0 Å². The number of rotatable bonds is 2. The monoisotopic (exact) mass is 463 g/mol. The minimum absolute atomic E-state index is 0.0161. The molecule has 2 saturated heterocycles. The summed E-state index contributed by atoms with van der Waals surface area (Å²) in [5.41, 5.74) is 3.02. The van der Waals surface area contributed by atoms with Crippen LogP contribution in [0.25, 0.3) is 0 Å². The third-order valence-electron chi connectivity index (χ3n) is 8.33. The summed E-state index contributed by atoms with van der Waals surface area (Å²) in [5.74, 6) is 0.246. The normalized spacial score (nSPS) is 28.0. The molecule has 0 radical (unpaired) electrons. The van der Waals surface area contributed by atoms with Crippen LogP contribution in [0.15, 0.2) is 41.2 Å². The molecular formula is C25H29N5O4. The van der Waals surface area contributed by atoms with Crippen LogP contribution in [0.5, 0.6) is 0 Å². The Morgan fingerprint density at radius 1 is 1.09 bits per heavy atom. The number of pyridine rings is 1. The number of carbonyl (C=O) groups excluding carboxylic acids is 1. The van der Waals surface area contributed by atoms with E-state index in [-0.39, 0.29) is 45.9 Å². The smallest absolute Gasteiger partial charge is 0.269 e. The average Bonchev–Trinajstić information content (AvgIpc) is 2.84. The molecule has 0 saturated carbocycles. The number of hydrogen-bond acceptors (Lipinski definition) is 6. The molecule has 9 nitrogen and oxygen atoms in total. The van der Waals surface area contributed by atoms with Crippen LogP contribution < -0.4 is 10.5 Å². The number of anilines is 1. The topological polar surface area (TPSA) is 91.9 Å². The van der Waals surface area contributed by atoms with Crippen molar-refractivity contribution in [2.45, 2.75) is 31.3 Å². The first-order chi connectivity index (χ1) is 16.4. The standard InChI is InChI=1S/C25H29N5O4/c1-26-7-9-27(10-8-26)25(32)20-13-16-12-19(30(33)34)5-6-22(16)29-14-17-11-18(24(20)29)15-28-21(17)3-2-4-23(28)31/h2-6,12,17-18,20,24H,7-11,13-15H2,1H3/t17?,18?,20-,24+/m1/s1. The highest BCUT2D eigenvalue weighted by atomic mass is 16.6. The van der Waals surface area contributed by atoms with Gasteiger partial charge in [-0.2, -0.15) is 0 Å². The molecule has 34 heavy (non-hydrogen) atoms. The average molecular weight is 464 g/mol. The minimum Gasteiger partial charge on any atom is -0.366 e. The molecule has 1 aromatic heterocycles. The number of non-ortho nitro benzene ring substituents is 1. The van der Waals surface area contributed by atoms with Crippen molar-refractivity contribution >= 4 is 17.3 Å². The van der Waals surface area contributed by atoms with E-state index in [1.54, 1.807) is 18.2 Å². The van der Waals surface area contributed by atoms with Gasteiger partial charge < -0.3 is 19.3 Å². The first-order valence-corrected chi connectivity index (χ1v) is 12.1. The number of carbonyl (C=O) groups is 1. The van der Waals surface area contributed by atoms with Crippen LogP contribution >= 0.6 is 0 Å². The quantitative estimate of drug-likeness (QED) is 0.497. The second kappa shape index (κ2) is 7.94. The predicted molar refractivity (Wildman–Crippen MR) is 127 cm³/mol. The van der Waals surface area contributed by atoms with Gasteiger partial charge in [-0.25, -0.2) is 0 Å². The first-order valence-electron chi connectivity index (χ1n) is 12.1. The third-order valence-corrected chi connectivity index (χ3v) is 8.33. The molecule has 5 heterocycles. The molecule has 2 unspecified atom stereocenters. The van der Waals surface area contributed by atoms with E-state index in [4.69, 9.17) is 0 Å². The van der Waals surface area contributed by atoms with E-state index in [9.17, 15) is 19.7 Å². The van der Waals surface area contributed by atoms with Crippen molar-refractivity contribution in [3.63, 3.8) is 0 Å². The highest BCUT2D eigenvalue weighted by Crippen LogP contribution is 2.48. The van der Waals surface area contributed by atoms with Gasteiger partial charge in [-0.15, -0.1) is 0 Å². The Bertz CT molecular complexity index is 1220. The molecule has 1 amide bonds. The Morgan fingerprint density at radius 2 is 1.88 bits per heavy atom. The van der Waals surface area contributed by atoms with Crippen LogP contribution in [-0.2, 0) is 17.8 Å². The van der Waals surface area contributed by atoms with Crippen LogP contribution in [0.2, 0.25) is 0 Å². The maximum atomic E-state index is 13.9. The lowest BCUT2D eigenvalue weighted by atomic mass is 9.69. The van der Waals surface area contributed by atoms with Gasteiger partial charge in [0.05, 0.1) is 10.8 Å². The molecule has 0 N–H and O–H groups in total. The van der Waals surface area contributed by atoms with Crippen LogP contribution in [0.3, 0.4) is 0 Å². The lowest BCUT2D eigenvalue weighted by Crippen LogP contribution is -2.62. The SMILES string of the molecule is CN1CCN(C(=O)[C@@H]2Cc3cc([N+](=O)[O-])ccc3N3CC4CC(Cn5c4cccc5=O)[C@@H]23)CC1. The summed E-state index contributed by atoms with van der Waals surface area (Å²) in [6.07, 6.45) is 1.46. The van der Waals surface area contributed by atoms with Gasteiger partial charge in [0, 0.05) is 80.8 Å². The predicted octanol–water partition coefficient (Wildman–Crippen LogP) is 1.70. The maximum absolute atomic E-state index is 13.9. The first kappa shape index (κ1) is 21.3. The Balaban J connectivity index is 1.42. The van der Waals surface area contributed by atoms with Crippen molar-refractivity contribution in [3.8, 4) is 0 Å². The highest BCUT2D eigenvalue weighted by molar-refractivity contribution is 5.82. The molecular weight excluding hydrogens is 434 g/mol. The summed E-state index contributed by atoms with van der Waals surface area (Å²) in [6, 6.07) is 10.5. The van der Waals surface area contributed by atoms with E-state index < -0.39 is 0 Å². The number of amides is 1. The number of nitro benzene ring substituents is 1. The van der Waals surface area contributed by atoms with Gasteiger partial charge >= 0.3 is 0 Å². The zero-order chi connectivity index (χ0) is 23.6. The van der Waals surface area contributed by atoms with Crippen molar-refractivity contribution < 1.29 is 9.72 Å². The lowest BCUT2D eigenvalue weighted by molar-refractivity contribution is -0.384. The number of nitro groups is 1. The fourth-order valence-electron chi connectivity index (χ4n) is 6.70. The Labute approximate surface area is 197 Å². The van der Waals surface area contributed by atoms with Crippen LogP contribution in [0, 0.1) is 22.0 Å². The Kier molecular flexibility index (Phi) is 4.98. The van der Waals surface area contributed by atoms with Crippen molar-refractivity contribution in [1.82, 2.24) is 14.4 Å². The van der Waals surface area contributed by atoms with Gasteiger partial charge in [-0.1, -0.05) is 6.07 Å². The molecule has 2 fully saturated rings. The number of nitrogens with zero attached hydrogens (tertiary/aromatic N) is 5. The zero-order valence-corrected chi connectivity index (χ0v) is 19.3. The lowest BCUT2D eigenvalue weighted by Gasteiger charge is -2.54. The van der Waals surface area contributed by atoms with Gasteiger partial charge in [0.2, 0.25) is 5.91 Å². The summed E-state index contributed by atoms with van der Waals surface area (Å²) < 4.78 is 1.90. The number of likely N-dealkylation sites (N-methyl/N-ethyl adjacent to an activating group) is 1. The number of hydrogen-bond donors (Lipinski definition) is 0. The summed E-state index contributed by atoms with van der Waals surface area (Å²) >= 11 is 0. The van der Waals surface area contributed by atoms with E-state index in [2.05, 4.69) is 16.8 Å². The number of aromatic nitrogens is 1. The number of piperidine rings is 1. The summed E-state index contributed by atoms with van der Waals surface area (Å²) in [4.78, 5) is 44.2. The molecule has 9 heteroatoms. The van der Waals surface area contributed by atoms with Gasteiger partial charge in [0.1, 0.15) is 0 Å². The van der Waals surface area contributed by atoms with Crippen molar-refractivity contribution in [2.24, 2.45) is 11.8 Å². The Morgan fingerprint density at radius 3 is 2.65 bits per heavy atom. The molecule has 4 aliphatic rings. The van der Waals surface area contributed by atoms with E-state index in [1.807, 2.05) is 27.7 Å². The second-order valence-corrected chi connectivity index (χ2v) is 10.2. The third kappa shape index (κ3) is 3.33. The molecule has 178 valence electrons. The van der Waals surface area contributed by atoms with Gasteiger partial charge in [0.25, 0.3) is 11.2 Å². The molecule has 6 rings (SSSR count). The fourth-order valence-corrected chi connectivity index (χ4v) is 6.70. The second-order valence-electron chi connectivity index (χ2n) is 10.2. The van der Waals surface area contributed by atoms with Crippen molar-refractivity contribution in [3.05, 3.63) is 68.1 Å². The van der Waals surface area contributed by atoms with E-state index >= 15 is 0 Å². The fraction of sp³-hybridized carbons (Fsp3) is 0.520. The molecule has 0 aliphatic carbocycles. The molecule has 1 aromatic carbocycles. The molecule has 0 spiro atoms. The number of piperazine rings is 1. The maximum Gasteiger partial charge on any atom is 0.269 e. The molecule has 2 aromatic rings. The summed E-state index contributed by atoms with van der Waals surface area (Å²) in [5, 5.41) is 11.5. The largest absolute Gasteiger partial charge is 0.366 e.